The van der Waals surface area contributed by atoms with Gasteiger partial charge in [0.1, 0.15) is 0 Å². The molecule has 0 amide bonds. The van der Waals surface area contributed by atoms with Crippen LogP contribution in [-0.4, -0.2) is 40.3 Å². The van der Waals surface area contributed by atoms with Crippen LogP contribution in [-0.2, 0) is 14.3 Å². The number of esters is 1. The topological polar surface area (TPSA) is 83.8 Å². The van der Waals surface area contributed by atoms with E-state index in [0.29, 0.717) is 25.7 Å². The minimum absolute atomic E-state index is 0.0822. The number of carbonyl (C=O) groups excluding carboxylic acids is 2. The zero-order chi connectivity index (χ0) is 22.4. The molecule has 1 saturated carbocycles. The lowest BCUT2D eigenvalue weighted by atomic mass is 9.89. The maximum Gasteiger partial charge on any atom is 0.306 e. The SMILES string of the molecule is CCCCCCCC(=O)C=CC1C(O)CC(O)C1CC=CCCCC(=O)OC(C)C. The number of hydrogen-bond donors (Lipinski definition) is 2. The highest BCUT2D eigenvalue weighted by molar-refractivity contribution is 5.89. The van der Waals surface area contributed by atoms with Crippen LogP contribution in [0.1, 0.15) is 91.4 Å². The molecular weight excluding hydrogens is 380 g/mol. The van der Waals surface area contributed by atoms with Crippen molar-refractivity contribution in [2.24, 2.45) is 11.8 Å². The van der Waals surface area contributed by atoms with Gasteiger partial charge < -0.3 is 14.9 Å². The number of rotatable bonds is 15. The summed E-state index contributed by atoms with van der Waals surface area (Å²) in [5.41, 5.74) is 0. The summed E-state index contributed by atoms with van der Waals surface area (Å²) in [6, 6.07) is 0. The molecule has 4 atom stereocenters. The second-order valence-electron chi connectivity index (χ2n) is 8.74. The smallest absolute Gasteiger partial charge is 0.306 e. The molecule has 1 rings (SSSR count). The summed E-state index contributed by atoms with van der Waals surface area (Å²) in [4.78, 5) is 23.6. The Morgan fingerprint density at radius 1 is 1.00 bits per heavy atom. The molecule has 0 aromatic heterocycles. The highest BCUT2D eigenvalue weighted by Gasteiger charge is 2.39. The monoisotopic (exact) mass is 422 g/mol. The van der Waals surface area contributed by atoms with Gasteiger partial charge >= 0.3 is 5.97 Å². The number of ether oxygens (including phenoxy) is 1. The molecule has 1 aliphatic carbocycles. The van der Waals surface area contributed by atoms with Crippen LogP contribution >= 0.6 is 0 Å². The maximum absolute atomic E-state index is 12.1. The van der Waals surface area contributed by atoms with Gasteiger partial charge in [0, 0.05) is 25.2 Å². The summed E-state index contributed by atoms with van der Waals surface area (Å²) in [5, 5.41) is 20.6. The van der Waals surface area contributed by atoms with Gasteiger partial charge in [0.05, 0.1) is 18.3 Å². The molecule has 0 spiro atoms. The number of unbranched alkanes of at least 4 members (excludes halogenated alkanes) is 5. The number of aliphatic hydroxyl groups excluding tert-OH is 2. The number of allylic oxidation sites excluding steroid dienone is 3. The molecular formula is C25H42O5. The third kappa shape index (κ3) is 11.1. The van der Waals surface area contributed by atoms with Gasteiger partial charge in [0.2, 0.25) is 0 Å². The van der Waals surface area contributed by atoms with Crippen molar-refractivity contribution in [1.29, 1.82) is 0 Å². The first-order valence-electron chi connectivity index (χ1n) is 11.8. The Morgan fingerprint density at radius 2 is 1.73 bits per heavy atom. The molecule has 0 heterocycles. The fraction of sp³-hybridized carbons (Fsp3) is 0.760. The Kier molecular flexibility index (Phi) is 13.6. The molecule has 5 heteroatoms. The van der Waals surface area contributed by atoms with Crippen LogP contribution < -0.4 is 0 Å². The summed E-state index contributed by atoms with van der Waals surface area (Å²) < 4.78 is 5.11. The molecule has 0 aromatic carbocycles. The Labute approximate surface area is 182 Å². The van der Waals surface area contributed by atoms with Crippen molar-refractivity contribution in [3.63, 3.8) is 0 Å². The van der Waals surface area contributed by atoms with Crippen molar-refractivity contribution in [2.75, 3.05) is 0 Å². The first-order valence-corrected chi connectivity index (χ1v) is 11.8. The minimum atomic E-state index is -0.613. The fourth-order valence-corrected chi connectivity index (χ4v) is 3.97. The van der Waals surface area contributed by atoms with E-state index < -0.39 is 12.2 Å². The van der Waals surface area contributed by atoms with Crippen LogP contribution in [0.25, 0.3) is 0 Å². The predicted octanol–water partition coefficient (Wildman–Crippen LogP) is 4.90. The fourth-order valence-electron chi connectivity index (χ4n) is 3.97. The first-order chi connectivity index (χ1) is 14.3. The summed E-state index contributed by atoms with van der Waals surface area (Å²) in [6.45, 7) is 5.85. The van der Waals surface area contributed by atoms with Gasteiger partial charge in [-0.2, -0.15) is 0 Å². The standard InChI is InChI=1S/C25H42O5/c1-4-5-6-7-10-13-20(26)16-17-22-21(23(27)18-24(22)28)14-11-8-9-12-15-25(29)30-19(2)3/h8,11,16-17,19,21-24,27-28H,4-7,9-10,12-15,18H2,1-3H3. The van der Waals surface area contributed by atoms with E-state index in [9.17, 15) is 19.8 Å². The zero-order valence-electron chi connectivity index (χ0n) is 19.1. The Balaban J connectivity index is 2.38. The average molecular weight is 423 g/mol. The van der Waals surface area contributed by atoms with Crippen molar-refractivity contribution in [2.45, 2.75) is 110 Å². The van der Waals surface area contributed by atoms with Crippen molar-refractivity contribution in [3.05, 3.63) is 24.3 Å². The summed E-state index contributed by atoms with van der Waals surface area (Å²) in [7, 11) is 0. The number of aliphatic hydroxyl groups is 2. The lowest BCUT2D eigenvalue weighted by Gasteiger charge is -2.19. The number of carbonyl (C=O) groups is 2. The molecule has 172 valence electrons. The Morgan fingerprint density at radius 3 is 2.43 bits per heavy atom. The van der Waals surface area contributed by atoms with Crippen molar-refractivity contribution < 1.29 is 24.5 Å². The van der Waals surface area contributed by atoms with Crippen LogP contribution in [0.2, 0.25) is 0 Å². The molecule has 30 heavy (non-hydrogen) atoms. The molecule has 0 radical (unpaired) electrons. The lowest BCUT2D eigenvalue weighted by molar-refractivity contribution is -0.147. The predicted molar refractivity (Wildman–Crippen MR) is 120 cm³/mol. The molecule has 1 aliphatic rings. The van der Waals surface area contributed by atoms with Crippen LogP contribution in [0.15, 0.2) is 24.3 Å². The van der Waals surface area contributed by atoms with Gasteiger partial charge in [0.15, 0.2) is 5.78 Å². The van der Waals surface area contributed by atoms with Crippen LogP contribution in [0, 0.1) is 11.8 Å². The number of ketones is 1. The lowest BCUT2D eigenvalue weighted by Crippen LogP contribution is -2.20. The second kappa shape index (κ2) is 15.4. The quantitative estimate of drug-likeness (QED) is 0.170. The third-order valence-corrected chi connectivity index (χ3v) is 5.64. The maximum atomic E-state index is 12.1. The van der Waals surface area contributed by atoms with E-state index >= 15 is 0 Å². The summed E-state index contributed by atoms with van der Waals surface area (Å²) in [6.07, 6.45) is 15.2. The van der Waals surface area contributed by atoms with Crippen LogP contribution in [0.5, 0.6) is 0 Å². The van der Waals surface area contributed by atoms with Crippen LogP contribution in [0.4, 0.5) is 0 Å². The highest BCUT2D eigenvalue weighted by Crippen LogP contribution is 2.36. The zero-order valence-corrected chi connectivity index (χ0v) is 19.1. The van der Waals surface area contributed by atoms with Gasteiger partial charge in [-0.25, -0.2) is 0 Å². The first kappa shape index (κ1) is 26.6. The molecule has 4 unspecified atom stereocenters. The van der Waals surface area contributed by atoms with Crippen molar-refractivity contribution in [1.82, 2.24) is 0 Å². The number of hydrogen-bond acceptors (Lipinski definition) is 5. The molecule has 0 bridgehead atoms. The molecule has 0 saturated heterocycles. The van der Waals surface area contributed by atoms with Crippen molar-refractivity contribution in [3.8, 4) is 0 Å². The van der Waals surface area contributed by atoms with E-state index in [-0.39, 0.29) is 29.7 Å². The summed E-state index contributed by atoms with van der Waals surface area (Å²) in [5.74, 6) is -0.360. The summed E-state index contributed by atoms with van der Waals surface area (Å²) >= 11 is 0. The van der Waals surface area contributed by atoms with E-state index in [0.717, 1.165) is 25.7 Å². The molecule has 2 N–H and O–H groups in total. The van der Waals surface area contributed by atoms with E-state index in [1.165, 1.54) is 19.3 Å². The molecule has 0 aliphatic heterocycles. The molecule has 0 aromatic rings. The molecule has 5 nitrogen and oxygen atoms in total. The van der Waals surface area contributed by atoms with Crippen molar-refractivity contribution >= 4 is 11.8 Å². The molecule has 1 fully saturated rings. The van der Waals surface area contributed by atoms with Gasteiger partial charge in [-0.15, -0.1) is 0 Å². The van der Waals surface area contributed by atoms with Gasteiger partial charge in [0.25, 0.3) is 0 Å². The third-order valence-electron chi connectivity index (χ3n) is 5.64. The van der Waals surface area contributed by atoms with E-state index in [2.05, 4.69) is 6.92 Å². The Bertz CT molecular complexity index is 552. The normalized spacial score (nSPS) is 24.3. The minimum Gasteiger partial charge on any atom is -0.463 e. The van der Waals surface area contributed by atoms with Gasteiger partial charge in [-0.1, -0.05) is 50.8 Å². The van der Waals surface area contributed by atoms with E-state index in [4.69, 9.17) is 4.74 Å². The van der Waals surface area contributed by atoms with Gasteiger partial charge in [-0.05, 0) is 51.5 Å². The van der Waals surface area contributed by atoms with Crippen LogP contribution in [0.3, 0.4) is 0 Å². The second-order valence-corrected chi connectivity index (χ2v) is 8.74. The van der Waals surface area contributed by atoms with E-state index in [1.54, 1.807) is 12.2 Å². The largest absolute Gasteiger partial charge is 0.463 e. The van der Waals surface area contributed by atoms with E-state index in [1.807, 2.05) is 26.0 Å². The average Bonchev–Trinajstić information content (AvgIpc) is 2.94. The Hall–Kier alpha value is -1.46. The van der Waals surface area contributed by atoms with Gasteiger partial charge in [-0.3, -0.25) is 9.59 Å². The highest BCUT2D eigenvalue weighted by atomic mass is 16.5.